The predicted molar refractivity (Wildman–Crippen MR) is 269 cm³/mol. The SMILES string of the molecule is c1ccc(-c2nc(-c3ccccc3)nc(-c3ccc(-c4cccc5c4-c4c(-c6nc(-c7ccccc7)nc(-c7ccccc7)n6)cccc4C54c5ccccc5Oc5ccccc54)cc3)n2)cc1. The molecule has 68 heavy (non-hydrogen) atoms. The minimum atomic E-state index is -0.730. The van der Waals surface area contributed by atoms with Gasteiger partial charge in [-0.05, 0) is 45.5 Å². The van der Waals surface area contributed by atoms with Gasteiger partial charge in [0.15, 0.2) is 34.9 Å². The molecule has 0 atom stereocenters. The van der Waals surface area contributed by atoms with Crippen molar-refractivity contribution in [2.45, 2.75) is 5.41 Å². The van der Waals surface area contributed by atoms with Gasteiger partial charge in [-0.1, -0.05) is 218 Å². The largest absolute Gasteiger partial charge is 0.457 e. The minimum absolute atomic E-state index is 0.592. The summed E-state index contributed by atoms with van der Waals surface area (Å²) < 4.78 is 6.73. The standard InChI is InChI=1S/C61H38N6O/c1-5-19-40(20-6-1)55-62-56(41-21-7-2-8-22-41)64-59(63-55)44-37-35-39(36-38-44)45-27-17-31-49-53(45)54-46(60-66-57(42-23-9-3-10-24-42)65-58(67-60)43-25-11-4-12-26-43)28-18-32-50(54)61(49)47-29-13-15-33-51(47)68-52-34-16-14-30-48(52)61/h1-38H. The highest BCUT2D eigenvalue weighted by atomic mass is 16.5. The number of para-hydroxylation sites is 2. The van der Waals surface area contributed by atoms with Crippen LogP contribution in [0.2, 0.25) is 0 Å². The molecule has 9 aromatic carbocycles. The molecule has 0 amide bonds. The normalized spacial score (nSPS) is 12.6. The molecule has 0 N–H and O–H groups in total. The van der Waals surface area contributed by atoms with E-state index in [0.717, 1.165) is 89.4 Å². The van der Waals surface area contributed by atoms with E-state index in [2.05, 4.69) is 97.1 Å². The first-order valence-electron chi connectivity index (χ1n) is 22.7. The maximum atomic E-state index is 6.73. The van der Waals surface area contributed by atoms with Gasteiger partial charge in [0.2, 0.25) is 0 Å². The van der Waals surface area contributed by atoms with E-state index < -0.39 is 5.41 Å². The Balaban J connectivity index is 1.05. The summed E-state index contributed by atoms with van der Waals surface area (Å²) in [6.45, 7) is 0. The van der Waals surface area contributed by atoms with Crippen LogP contribution in [0.3, 0.4) is 0 Å². The number of ether oxygens (including phenoxy) is 1. The fourth-order valence-electron chi connectivity index (χ4n) is 10.1. The van der Waals surface area contributed by atoms with Crippen molar-refractivity contribution in [3.05, 3.63) is 253 Å². The van der Waals surface area contributed by atoms with E-state index in [1.165, 1.54) is 0 Å². The van der Waals surface area contributed by atoms with Gasteiger partial charge in [0.05, 0.1) is 5.41 Å². The van der Waals surface area contributed by atoms with Crippen molar-refractivity contribution in [3.63, 3.8) is 0 Å². The first-order chi connectivity index (χ1) is 33.7. The molecule has 13 rings (SSSR count). The molecule has 7 heteroatoms. The van der Waals surface area contributed by atoms with Gasteiger partial charge in [-0.15, -0.1) is 0 Å². The number of hydrogen-bond acceptors (Lipinski definition) is 7. The van der Waals surface area contributed by atoms with Crippen LogP contribution in [0.25, 0.3) is 90.6 Å². The quantitative estimate of drug-likeness (QED) is 0.158. The summed E-state index contributed by atoms with van der Waals surface area (Å²) in [6.07, 6.45) is 0. The Morgan fingerprint density at radius 2 is 0.544 bits per heavy atom. The molecule has 11 aromatic rings. The molecule has 0 unspecified atom stereocenters. The van der Waals surface area contributed by atoms with Crippen molar-refractivity contribution in [2.75, 3.05) is 0 Å². The first-order valence-corrected chi connectivity index (χ1v) is 22.7. The number of rotatable bonds is 7. The Bertz CT molecular complexity index is 3530. The molecule has 0 saturated carbocycles. The van der Waals surface area contributed by atoms with Crippen LogP contribution in [0.15, 0.2) is 231 Å². The van der Waals surface area contributed by atoms with Crippen molar-refractivity contribution in [2.24, 2.45) is 0 Å². The van der Waals surface area contributed by atoms with Crippen LogP contribution in [0.5, 0.6) is 11.5 Å². The highest BCUT2D eigenvalue weighted by Gasteiger charge is 2.52. The molecule has 0 saturated heterocycles. The molecule has 0 bridgehead atoms. The predicted octanol–water partition coefficient (Wildman–Crippen LogP) is 14.2. The van der Waals surface area contributed by atoms with Crippen LogP contribution < -0.4 is 4.74 Å². The summed E-state index contributed by atoms with van der Waals surface area (Å²) in [5.74, 6) is 5.29. The molecular formula is C61H38N6O. The highest BCUT2D eigenvalue weighted by Crippen LogP contribution is 2.64. The molecule has 1 aliphatic heterocycles. The molecule has 7 nitrogen and oxygen atoms in total. The van der Waals surface area contributed by atoms with E-state index in [9.17, 15) is 0 Å². The molecule has 2 aliphatic rings. The lowest BCUT2D eigenvalue weighted by atomic mass is 9.66. The summed E-state index contributed by atoms with van der Waals surface area (Å²) in [5, 5.41) is 0. The maximum Gasteiger partial charge on any atom is 0.164 e. The Morgan fingerprint density at radius 1 is 0.235 bits per heavy atom. The zero-order valence-electron chi connectivity index (χ0n) is 36.5. The number of benzene rings is 9. The highest BCUT2D eigenvalue weighted by molar-refractivity contribution is 6.02. The third kappa shape index (κ3) is 6.36. The van der Waals surface area contributed by atoms with Crippen LogP contribution in [0, 0.1) is 0 Å². The van der Waals surface area contributed by atoms with Gasteiger partial charge in [-0.3, -0.25) is 0 Å². The Hall–Kier alpha value is -9.20. The van der Waals surface area contributed by atoms with Gasteiger partial charge in [-0.2, -0.15) is 0 Å². The minimum Gasteiger partial charge on any atom is -0.457 e. The second-order valence-corrected chi connectivity index (χ2v) is 17.0. The van der Waals surface area contributed by atoms with Crippen LogP contribution in [0.1, 0.15) is 22.3 Å². The van der Waals surface area contributed by atoms with Crippen molar-refractivity contribution in [3.8, 4) is 102 Å². The van der Waals surface area contributed by atoms with Crippen molar-refractivity contribution in [1.82, 2.24) is 29.9 Å². The Morgan fingerprint density at radius 3 is 0.971 bits per heavy atom. The Labute approximate surface area is 393 Å². The van der Waals surface area contributed by atoms with Gasteiger partial charge in [0.1, 0.15) is 11.5 Å². The van der Waals surface area contributed by atoms with Gasteiger partial charge in [0.25, 0.3) is 0 Å². The third-order valence-electron chi connectivity index (χ3n) is 13.1. The van der Waals surface area contributed by atoms with E-state index in [0.29, 0.717) is 34.9 Å². The van der Waals surface area contributed by atoms with Crippen molar-refractivity contribution in [1.29, 1.82) is 0 Å². The lowest BCUT2D eigenvalue weighted by Crippen LogP contribution is -2.32. The lowest BCUT2D eigenvalue weighted by Gasteiger charge is -2.39. The smallest absolute Gasteiger partial charge is 0.164 e. The average Bonchev–Trinajstić information content (AvgIpc) is 3.72. The molecule has 0 fully saturated rings. The van der Waals surface area contributed by atoms with Gasteiger partial charge in [0, 0.05) is 44.5 Å². The average molecular weight is 871 g/mol. The van der Waals surface area contributed by atoms with Crippen LogP contribution in [-0.4, -0.2) is 29.9 Å². The molecule has 1 spiro atoms. The molecule has 318 valence electrons. The van der Waals surface area contributed by atoms with E-state index >= 15 is 0 Å². The van der Waals surface area contributed by atoms with Crippen LogP contribution in [-0.2, 0) is 5.41 Å². The second kappa shape index (κ2) is 16.0. The Kier molecular flexibility index (Phi) is 9.25. The topological polar surface area (TPSA) is 86.6 Å². The zero-order chi connectivity index (χ0) is 45.0. The molecule has 1 aliphatic carbocycles. The number of nitrogens with zero attached hydrogens (tertiary/aromatic N) is 6. The summed E-state index contributed by atoms with van der Waals surface area (Å²) in [7, 11) is 0. The van der Waals surface area contributed by atoms with Crippen LogP contribution >= 0.6 is 0 Å². The second-order valence-electron chi connectivity index (χ2n) is 17.0. The fourth-order valence-corrected chi connectivity index (χ4v) is 10.1. The molecule has 2 aromatic heterocycles. The number of fused-ring (bicyclic) bond motifs is 9. The monoisotopic (exact) mass is 870 g/mol. The summed E-state index contributed by atoms with van der Waals surface area (Å²) in [5.41, 5.74) is 13.5. The summed E-state index contributed by atoms with van der Waals surface area (Å²) in [6, 6.07) is 79.2. The third-order valence-corrected chi connectivity index (χ3v) is 13.1. The number of aromatic nitrogens is 6. The first kappa shape index (κ1) is 39.2. The summed E-state index contributed by atoms with van der Waals surface area (Å²) in [4.78, 5) is 30.7. The number of hydrogen-bond donors (Lipinski definition) is 0. The molecule has 0 radical (unpaired) electrons. The molecule has 3 heterocycles. The van der Waals surface area contributed by atoms with E-state index in [4.69, 9.17) is 34.6 Å². The van der Waals surface area contributed by atoms with Crippen LogP contribution in [0.4, 0.5) is 0 Å². The maximum absolute atomic E-state index is 6.73. The van der Waals surface area contributed by atoms with E-state index in [-0.39, 0.29) is 0 Å². The van der Waals surface area contributed by atoms with Crippen molar-refractivity contribution >= 4 is 0 Å². The van der Waals surface area contributed by atoms with E-state index in [1.807, 2.05) is 133 Å². The van der Waals surface area contributed by atoms with Gasteiger partial charge < -0.3 is 4.74 Å². The molecular weight excluding hydrogens is 833 g/mol. The lowest BCUT2D eigenvalue weighted by molar-refractivity contribution is 0.436. The summed E-state index contributed by atoms with van der Waals surface area (Å²) >= 11 is 0. The van der Waals surface area contributed by atoms with Crippen molar-refractivity contribution < 1.29 is 4.74 Å². The zero-order valence-corrected chi connectivity index (χ0v) is 36.5. The van der Waals surface area contributed by atoms with E-state index in [1.54, 1.807) is 0 Å². The fraction of sp³-hybridized carbons (Fsp3) is 0.0164. The van der Waals surface area contributed by atoms with Gasteiger partial charge >= 0.3 is 0 Å². The van der Waals surface area contributed by atoms with Gasteiger partial charge in [-0.25, -0.2) is 29.9 Å².